The van der Waals surface area contributed by atoms with Crippen molar-refractivity contribution in [1.82, 2.24) is 5.32 Å². The highest BCUT2D eigenvalue weighted by molar-refractivity contribution is 5.62. The Morgan fingerprint density at radius 3 is 3.05 bits per heavy atom. The number of fused-ring (bicyclic) bond motifs is 3. The first-order valence-corrected chi connectivity index (χ1v) is 7.81. The van der Waals surface area contributed by atoms with Crippen LogP contribution in [0.4, 0.5) is 0 Å². The van der Waals surface area contributed by atoms with Crippen molar-refractivity contribution in [2.24, 2.45) is 5.92 Å². The van der Waals surface area contributed by atoms with Crippen LogP contribution in [0.3, 0.4) is 0 Å². The van der Waals surface area contributed by atoms with E-state index in [1.165, 1.54) is 43.2 Å². The lowest BCUT2D eigenvalue weighted by Gasteiger charge is -2.46. The Labute approximate surface area is 122 Å². The highest BCUT2D eigenvalue weighted by atomic mass is 16.5. The first kappa shape index (κ1) is 13.7. The van der Waals surface area contributed by atoms with Gasteiger partial charge in [0, 0.05) is 5.41 Å². The Kier molecular flexibility index (Phi) is 3.84. The van der Waals surface area contributed by atoms with Gasteiger partial charge in [0.15, 0.2) is 0 Å². The second kappa shape index (κ2) is 5.61. The number of allylic oxidation sites excluding steroid dienone is 1. The van der Waals surface area contributed by atoms with Gasteiger partial charge in [0.25, 0.3) is 0 Å². The van der Waals surface area contributed by atoms with Crippen molar-refractivity contribution in [3.63, 3.8) is 0 Å². The SMILES string of the molecule is CNCC[C@@]12CCCC[C@@H]1C=Cc1ccc(OC)cc12. The highest BCUT2D eigenvalue weighted by Crippen LogP contribution is 2.51. The Balaban J connectivity index is 2.07. The van der Waals surface area contributed by atoms with Crippen LogP contribution in [0.25, 0.3) is 6.08 Å². The molecule has 3 rings (SSSR count). The van der Waals surface area contributed by atoms with E-state index < -0.39 is 0 Å². The molecule has 2 nitrogen and oxygen atoms in total. The number of hydrogen-bond acceptors (Lipinski definition) is 2. The Bertz CT molecular complexity index is 508. The second-order valence-corrected chi connectivity index (χ2v) is 6.17. The summed E-state index contributed by atoms with van der Waals surface area (Å²) in [6, 6.07) is 6.58. The lowest BCUT2D eigenvalue weighted by atomic mass is 9.58. The fraction of sp³-hybridized carbons (Fsp3) is 0.556. The topological polar surface area (TPSA) is 21.3 Å². The van der Waals surface area contributed by atoms with Crippen molar-refractivity contribution in [2.75, 3.05) is 20.7 Å². The number of benzene rings is 1. The maximum Gasteiger partial charge on any atom is 0.119 e. The maximum atomic E-state index is 5.47. The lowest BCUT2D eigenvalue weighted by Crippen LogP contribution is -2.41. The first-order chi connectivity index (χ1) is 9.80. The van der Waals surface area contributed by atoms with E-state index in [0.29, 0.717) is 11.3 Å². The van der Waals surface area contributed by atoms with Gasteiger partial charge in [0.05, 0.1) is 7.11 Å². The van der Waals surface area contributed by atoms with E-state index in [4.69, 9.17) is 4.74 Å². The van der Waals surface area contributed by atoms with Gasteiger partial charge in [-0.15, -0.1) is 0 Å². The molecule has 1 fully saturated rings. The summed E-state index contributed by atoms with van der Waals surface area (Å²) >= 11 is 0. The number of methoxy groups -OCH3 is 1. The first-order valence-electron chi connectivity index (χ1n) is 7.81. The van der Waals surface area contributed by atoms with Gasteiger partial charge in [-0.2, -0.15) is 0 Å². The van der Waals surface area contributed by atoms with Crippen LogP contribution in [-0.2, 0) is 5.41 Å². The average Bonchev–Trinajstić information content (AvgIpc) is 2.52. The largest absolute Gasteiger partial charge is 0.497 e. The number of ether oxygens (including phenoxy) is 1. The minimum absolute atomic E-state index is 0.319. The number of hydrogen-bond donors (Lipinski definition) is 1. The van der Waals surface area contributed by atoms with Crippen LogP contribution in [0.15, 0.2) is 24.3 Å². The van der Waals surface area contributed by atoms with Crippen LogP contribution in [-0.4, -0.2) is 20.7 Å². The van der Waals surface area contributed by atoms with E-state index in [1.807, 2.05) is 0 Å². The van der Waals surface area contributed by atoms with E-state index in [0.717, 1.165) is 12.3 Å². The van der Waals surface area contributed by atoms with Gasteiger partial charge >= 0.3 is 0 Å². The predicted octanol–water partition coefficient (Wildman–Crippen LogP) is 3.76. The number of nitrogens with one attached hydrogen (secondary N) is 1. The third-order valence-corrected chi connectivity index (χ3v) is 5.22. The minimum Gasteiger partial charge on any atom is -0.497 e. The molecule has 2 aliphatic rings. The van der Waals surface area contributed by atoms with Crippen LogP contribution in [0.5, 0.6) is 5.75 Å². The summed E-state index contributed by atoms with van der Waals surface area (Å²) in [5, 5.41) is 3.35. The Morgan fingerprint density at radius 1 is 1.35 bits per heavy atom. The van der Waals surface area contributed by atoms with Crippen LogP contribution in [0.1, 0.15) is 43.2 Å². The lowest BCUT2D eigenvalue weighted by molar-refractivity contribution is 0.206. The normalized spacial score (nSPS) is 27.8. The van der Waals surface area contributed by atoms with Crippen LogP contribution in [0, 0.1) is 5.92 Å². The molecule has 0 amide bonds. The summed E-state index contributed by atoms with van der Waals surface area (Å²) in [5.74, 6) is 1.69. The summed E-state index contributed by atoms with van der Waals surface area (Å²) in [7, 11) is 3.82. The molecule has 1 aromatic rings. The zero-order valence-corrected chi connectivity index (χ0v) is 12.6. The molecule has 0 aliphatic heterocycles. The molecular formula is C18H25NO. The van der Waals surface area contributed by atoms with E-state index in [9.17, 15) is 0 Å². The van der Waals surface area contributed by atoms with Crippen LogP contribution >= 0.6 is 0 Å². The minimum atomic E-state index is 0.319. The summed E-state index contributed by atoms with van der Waals surface area (Å²) in [5.41, 5.74) is 3.22. The molecule has 1 saturated carbocycles. The predicted molar refractivity (Wildman–Crippen MR) is 84.2 cm³/mol. The van der Waals surface area contributed by atoms with Gasteiger partial charge in [-0.3, -0.25) is 0 Å². The van der Waals surface area contributed by atoms with Crippen LogP contribution < -0.4 is 10.1 Å². The highest BCUT2D eigenvalue weighted by Gasteiger charge is 2.43. The summed E-state index contributed by atoms with van der Waals surface area (Å²) in [6.45, 7) is 1.08. The molecule has 0 radical (unpaired) electrons. The Hall–Kier alpha value is -1.28. The van der Waals surface area contributed by atoms with Crippen molar-refractivity contribution in [1.29, 1.82) is 0 Å². The fourth-order valence-corrected chi connectivity index (χ4v) is 4.13. The van der Waals surface area contributed by atoms with Crippen molar-refractivity contribution >= 4 is 6.08 Å². The number of rotatable bonds is 4. The molecular weight excluding hydrogens is 246 g/mol. The zero-order chi connectivity index (χ0) is 14.0. The van der Waals surface area contributed by atoms with Gasteiger partial charge in [0.2, 0.25) is 0 Å². The molecule has 0 bridgehead atoms. The summed E-state index contributed by atoms with van der Waals surface area (Å²) < 4.78 is 5.47. The summed E-state index contributed by atoms with van der Waals surface area (Å²) in [4.78, 5) is 0. The fourth-order valence-electron chi connectivity index (χ4n) is 4.13. The van der Waals surface area contributed by atoms with Gasteiger partial charge in [-0.05, 0) is 62.0 Å². The van der Waals surface area contributed by atoms with Crippen molar-refractivity contribution < 1.29 is 4.74 Å². The van der Waals surface area contributed by atoms with E-state index >= 15 is 0 Å². The average molecular weight is 271 g/mol. The Morgan fingerprint density at radius 2 is 2.25 bits per heavy atom. The van der Waals surface area contributed by atoms with Crippen molar-refractivity contribution in [3.05, 3.63) is 35.4 Å². The maximum absolute atomic E-state index is 5.47. The molecule has 1 N–H and O–H groups in total. The van der Waals surface area contributed by atoms with Gasteiger partial charge in [-0.25, -0.2) is 0 Å². The van der Waals surface area contributed by atoms with E-state index in [2.05, 4.69) is 42.7 Å². The van der Waals surface area contributed by atoms with Crippen molar-refractivity contribution in [2.45, 2.75) is 37.5 Å². The standard InChI is InChI=1S/C18H25NO/c1-19-12-11-18-10-4-3-5-15(18)8-6-14-7-9-16(20-2)13-17(14)18/h6-9,13,15,19H,3-5,10-12H2,1-2H3/t15-,18+/m1/s1. The molecule has 0 heterocycles. The molecule has 0 aromatic heterocycles. The molecule has 2 aliphatic carbocycles. The zero-order valence-electron chi connectivity index (χ0n) is 12.6. The monoisotopic (exact) mass is 271 g/mol. The third-order valence-electron chi connectivity index (χ3n) is 5.22. The smallest absolute Gasteiger partial charge is 0.119 e. The van der Waals surface area contributed by atoms with E-state index in [1.54, 1.807) is 7.11 Å². The van der Waals surface area contributed by atoms with Gasteiger partial charge in [-0.1, -0.05) is 31.1 Å². The van der Waals surface area contributed by atoms with Gasteiger partial charge < -0.3 is 10.1 Å². The molecule has 2 atom stereocenters. The molecule has 0 saturated heterocycles. The second-order valence-electron chi connectivity index (χ2n) is 6.17. The van der Waals surface area contributed by atoms with Gasteiger partial charge in [0.1, 0.15) is 5.75 Å². The molecule has 108 valence electrons. The third kappa shape index (κ3) is 2.16. The van der Waals surface area contributed by atoms with Crippen LogP contribution in [0.2, 0.25) is 0 Å². The van der Waals surface area contributed by atoms with Crippen molar-refractivity contribution in [3.8, 4) is 5.75 Å². The quantitative estimate of drug-likeness (QED) is 0.900. The summed E-state index contributed by atoms with van der Waals surface area (Å²) in [6.07, 6.45) is 11.4. The molecule has 2 heteroatoms. The molecule has 0 spiro atoms. The molecule has 0 unspecified atom stereocenters. The molecule has 20 heavy (non-hydrogen) atoms. The molecule has 1 aromatic carbocycles. The van der Waals surface area contributed by atoms with E-state index in [-0.39, 0.29) is 0 Å².